The number of halogens is 3. The quantitative estimate of drug-likeness (QED) is 0.681. The van der Waals surface area contributed by atoms with E-state index in [1.807, 2.05) is 30.3 Å². The number of methoxy groups -OCH3 is 1. The summed E-state index contributed by atoms with van der Waals surface area (Å²) in [7, 11) is 1.34. The zero-order valence-corrected chi connectivity index (χ0v) is 16.1. The number of hydrogen-bond donors (Lipinski definition) is 3. The first-order valence-electron chi connectivity index (χ1n) is 9.52. The van der Waals surface area contributed by atoms with Gasteiger partial charge in [-0.05, 0) is 43.5 Å². The predicted molar refractivity (Wildman–Crippen MR) is 102 cm³/mol. The van der Waals surface area contributed by atoms with Gasteiger partial charge in [-0.25, -0.2) is 4.98 Å². The monoisotopic (exact) mass is 410 g/mol. The first-order chi connectivity index (χ1) is 13.8. The lowest BCUT2D eigenvalue weighted by Crippen LogP contribution is -2.49. The van der Waals surface area contributed by atoms with Gasteiger partial charge in [0.15, 0.2) is 0 Å². The topological polar surface area (TPSA) is 74.6 Å². The molecule has 1 saturated heterocycles. The molecule has 3 N–H and O–H groups in total. The standard InChI is InChI=1S/C21H25F3N2O3/c1-29-16-8-9-17(21(22,23)24)26-18(16)15(13-27)12-20(28)10-5-11-25-19(20)14-6-3-2-4-7-14/h2-4,6-9,15,19,25,27-28H,5,10-13H2,1H3. The fourth-order valence-corrected chi connectivity index (χ4v) is 4.03. The lowest BCUT2D eigenvalue weighted by molar-refractivity contribution is -0.141. The van der Waals surface area contributed by atoms with Crippen molar-refractivity contribution in [1.29, 1.82) is 0 Å². The predicted octanol–water partition coefficient (Wildman–Crippen LogP) is 3.43. The second-order valence-electron chi connectivity index (χ2n) is 7.37. The zero-order valence-electron chi connectivity index (χ0n) is 16.1. The molecule has 5 nitrogen and oxygen atoms in total. The molecule has 1 fully saturated rings. The Bertz CT molecular complexity index is 817. The van der Waals surface area contributed by atoms with Gasteiger partial charge in [0.2, 0.25) is 0 Å². The van der Waals surface area contributed by atoms with Crippen molar-refractivity contribution in [2.24, 2.45) is 0 Å². The lowest BCUT2D eigenvalue weighted by Gasteiger charge is -2.42. The molecule has 3 unspecified atom stereocenters. The van der Waals surface area contributed by atoms with Crippen molar-refractivity contribution >= 4 is 0 Å². The summed E-state index contributed by atoms with van der Waals surface area (Å²) in [6.07, 6.45) is -3.40. The fraction of sp³-hybridized carbons (Fsp3) is 0.476. The number of hydrogen-bond acceptors (Lipinski definition) is 5. The first-order valence-corrected chi connectivity index (χ1v) is 9.52. The number of alkyl halides is 3. The maximum absolute atomic E-state index is 13.2. The van der Waals surface area contributed by atoms with E-state index in [-0.39, 0.29) is 17.9 Å². The average molecular weight is 410 g/mol. The van der Waals surface area contributed by atoms with E-state index in [1.165, 1.54) is 13.2 Å². The second-order valence-corrected chi connectivity index (χ2v) is 7.37. The van der Waals surface area contributed by atoms with Crippen LogP contribution in [0.1, 0.15) is 48.2 Å². The molecule has 0 saturated carbocycles. The highest BCUT2D eigenvalue weighted by atomic mass is 19.4. The van der Waals surface area contributed by atoms with Crippen molar-refractivity contribution in [1.82, 2.24) is 10.3 Å². The molecule has 1 aromatic carbocycles. The van der Waals surface area contributed by atoms with Crippen molar-refractivity contribution in [2.75, 3.05) is 20.3 Å². The highest BCUT2D eigenvalue weighted by Gasteiger charge is 2.43. The molecule has 3 atom stereocenters. The number of nitrogens with zero attached hydrogens (tertiary/aromatic N) is 1. The van der Waals surface area contributed by atoms with Gasteiger partial charge in [0.25, 0.3) is 0 Å². The molecule has 2 heterocycles. The molecule has 1 aliphatic heterocycles. The van der Waals surface area contributed by atoms with Gasteiger partial charge in [-0.15, -0.1) is 0 Å². The molecular formula is C21H25F3N2O3. The van der Waals surface area contributed by atoms with Gasteiger partial charge in [0.05, 0.1) is 31.1 Å². The van der Waals surface area contributed by atoms with Gasteiger partial charge in [-0.1, -0.05) is 30.3 Å². The molecule has 1 aromatic heterocycles. The van der Waals surface area contributed by atoms with Crippen LogP contribution >= 0.6 is 0 Å². The molecule has 0 spiro atoms. The number of ether oxygens (including phenoxy) is 1. The van der Waals surface area contributed by atoms with Crippen molar-refractivity contribution in [3.05, 3.63) is 59.4 Å². The third kappa shape index (κ3) is 4.71. The smallest absolute Gasteiger partial charge is 0.433 e. The Balaban J connectivity index is 1.96. The minimum absolute atomic E-state index is 0.00404. The molecule has 0 bridgehead atoms. The van der Waals surface area contributed by atoms with Gasteiger partial charge in [0, 0.05) is 5.92 Å². The van der Waals surface area contributed by atoms with Crippen LogP contribution in [-0.4, -0.2) is 41.1 Å². The Labute approximate surface area is 167 Å². The molecule has 3 rings (SSSR count). The molecule has 0 radical (unpaired) electrons. The minimum Gasteiger partial charge on any atom is -0.495 e. The van der Waals surface area contributed by atoms with Crippen LogP contribution in [0.4, 0.5) is 13.2 Å². The van der Waals surface area contributed by atoms with Gasteiger partial charge < -0.3 is 20.3 Å². The molecule has 158 valence electrons. The molecule has 2 aromatic rings. The van der Waals surface area contributed by atoms with Gasteiger partial charge in [-0.3, -0.25) is 0 Å². The fourth-order valence-electron chi connectivity index (χ4n) is 4.03. The number of pyridine rings is 1. The summed E-state index contributed by atoms with van der Waals surface area (Å²) >= 11 is 0. The van der Waals surface area contributed by atoms with E-state index in [4.69, 9.17) is 4.74 Å². The van der Waals surface area contributed by atoms with Gasteiger partial charge in [0.1, 0.15) is 11.4 Å². The van der Waals surface area contributed by atoms with E-state index in [0.717, 1.165) is 18.2 Å². The lowest BCUT2D eigenvalue weighted by atomic mass is 9.75. The zero-order chi connectivity index (χ0) is 21.1. The Morgan fingerprint density at radius 1 is 1.24 bits per heavy atom. The highest BCUT2D eigenvalue weighted by molar-refractivity contribution is 5.34. The van der Waals surface area contributed by atoms with Crippen LogP contribution in [0.15, 0.2) is 42.5 Å². The molecular weight excluding hydrogens is 385 g/mol. The van der Waals surface area contributed by atoms with E-state index >= 15 is 0 Å². The van der Waals surface area contributed by atoms with Crippen molar-refractivity contribution in [2.45, 2.75) is 43.0 Å². The number of aliphatic hydroxyl groups excluding tert-OH is 1. The van der Waals surface area contributed by atoms with Crippen LogP contribution in [0.5, 0.6) is 5.75 Å². The number of benzene rings is 1. The molecule has 1 aliphatic rings. The maximum atomic E-state index is 13.2. The largest absolute Gasteiger partial charge is 0.495 e. The first kappa shape index (κ1) is 21.5. The van der Waals surface area contributed by atoms with Crippen LogP contribution in [-0.2, 0) is 6.18 Å². The summed E-state index contributed by atoms with van der Waals surface area (Å²) in [5, 5.41) is 24.8. The minimum atomic E-state index is -4.61. The Morgan fingerprint density at radius 3 is 2.59 bits per heavy atom. The third-order valence-electron chi connectivity index (χ3n) is 5.41. The van der Waals surface area contributed by atoms with Crippen LogP contribution < -0.4 is 10.1 Å². The summed E-state index contributed by atoms with van der Waals surface area (Å²) in [5.41, 5.74) is -1.43. The highest BCUT2D eigenvalue weighted by Crippen LogP contribution is 2.42. The normalized spacial score (nSPS) is 23.6. The van der Waals surface area contributed by atoms with Crippen LogP contribution in [0.3, 0.4) is 0 Å². The molecule has 0 aliphatic carbocycles. The average Bonchev–Trinajstić information content (AvgIpc) is 2.72. The van der Waals surface area contributed by atoms with Crippen LogP contribution in [0.25, 0.3) is 0 Å². The summed E-state index contributed by atoms with van der Waals surface area (Å²) in [5.74, 6) is -0.663. The van der Waals surface area contributed by atoms with E-state index in [1.54, 1.807) is 0 Å². The summed E-state index contributed by atoms with van der Waals surface area (Å²) < 4.78 is 44.7. The van der Waals surface area contributed by atoms with Gasteiger partial charge >= 0.3 is 6.18 Å². The van der Waals surface area contributed by atoms with E-state index in [2.05, 4.69) is 10.3 Å². The molecule has 29 heavy (non-hydrogen) atoms. The van der Waals surface area contributed by atoms with Crippen molar-refractivity contribution < 1.29 is 28.1 Å². The number of rotatable bonds is 6. The number of aliphatic hydroxyl groups is 2. The Kier molecular flexibility index (Phi) is 6.45. The Hall–Kier alpha value is -2.16. The maximum Gasteiger partial charge on any atom is 0.433 e. The summed E-state index contributed by atoms with van der Waals surface area (Å²) in [6, 6.07) is 11.0. The van der Waals surface area contributed by atoms with Crippen molar-refractivity contribution in [3.8, 4) is 5.75 Å². The van der Waals surface area contributed by atoms with Crippen LogP contribution in [0.2, 0.25) is 0 Å². The Morgan fingerprint density at radius 2 is 1.97 bits per heavy atom. The van der Waals surface area contributed by atoms with E-state index in [9.17, 15) is 23.4 Å². The van der Waals surface area contributed by atoms with Gasteiger partial charge in [-0.2, -0.15) is 13.2 Å². The molecule has 8 heteroatoms. The SMILES string of the molecule is COc1ccc(C(F)(F)F)nc1C(CO)CC1(O)CCCNC1c1ccccc1. The number of nitrogens with one attached hydrogen (secondary N) is 1. The number of aromatic nitrogens is 1. The number of piperidine rings is 1. The van der Waals surface area contributed by atoms with Crippen molar-refractivity contribution in [3.63, 3.8) is 0 Å². The molecule has 0 amide bonds. The summed E-state index contributed by atoms with van der Waals surface area (Å²) in [6.45, 7) is 0.255. The van der Waals surface area contributed by atoms with E-state index < -0.39 is 36.0 Å². The summed E-state index contributed by atoms with van der Waals surface area (Å²) in [4.78, 5) is 3.74. The second kappa shape index (κ2) is 8.69. The van der Waals surface area contributed by atoms with E-state index in [0.29, 0.717) is 12.8 Å². The van der Waals surface area contributed by atoms with Crippen LogP contribution in [0, 0.1) is 0 Å². The third-order valence-corrected chi connectivity index (χ3v) is 5.41.